The average Bonchev–Trinajstić information content (AvgIpc) is 3.01. The number of hydrogen-bond acceptors (Lipinski definition) is 6. The molecule has 0 aliphatic heterocycles. The Balaban J connectivity index is 1.90. The van der Waals surface area contributed by atoms with Crippen LogP contribution in [-0.4, -0.2) is 31.9 Å². The molecule has 0 saturated carbocycles. The van der Waals surface area contributed by atoms with Crippen molar-refractivity contribution in [1.82, 2.24) is 25.5 Å². The first kappa shape index (κ1) is 14.7. The van der Waals surface area contributed by atoms with Gasteiger partial charge >= 0.3 is 0 Å². The third-order valence-corrected chi connectivity index (χ3v) is 3.24. The van der Waals surface area contributed by atoms with Gasteiger partial charge in [0.1, 0.15) is 5.76 Å². The van der Waals surface area contributed by atoms with Crippen LogP contribution in [0.1, 0.15) is 42.1 Å². The van der Waals surface area contributed by atoms with Crippen LogP contribution in [0.2, 0.25) is 0 Å². The smallest absolute Gasteiger partial charge is 0.138 e. The zero-order valence-electron chi connectivity index (χ0n) is 12.1. The van der Waals surface area contributed by atoms with E-state index in [-0.39, 0.29) is 12.6 Å². The number of aromatic nitrogens is 4. The van der Waals surface area contributed by atoms with Crippen molar-refractivity contribution < 1.29 is 9.63 Å². The van der Waals surface area contributed by atoms with Gasteiger partial charge in [0.05, 0.1) is 11.4 Å². The molecule has 2 rings (SSSR count). The van der Waals surface area contributed by atoms with Crippen LogP contribution in [-0.2, 0) is 13.1 Å². The Bertz CT molecular complexity index is 529. The summed E-state index contributed by atoms with van der Waals surface area (Å²) in [6.45, 7) is 7.40. The summed E-state index contributed by atoms with van der Waals surface area (Å²) in [5.74, 6) is 0.842. The van der Waals surface area contributed by atoms with Crippen molar-refractivity contribution in [1.29, 1.82) is 0 Å². The first-order chi connectivity index (χ1) is 9.61. The summed E-state index contributed by atoms with van der Waals surface area (Å²) in [6, 6.07) is 0.142. The molecule has 2 N–H and O–H groups in total. The van der Waals surface area contributed by atoms with Crippen LogP contribution >= 0.6 is 0 Å². The van der Waals surface area contributed by atoms with E-state index in [1.54, 1.807) is 4.68 Å². The minimum Gasteiger partial charge on any atom is -0.396 e. The van der Waals surface area contributed by atoms with Crippen molar-refractivity contribution in [3.05, 3.63) is 28.9 Å². The highest BCUT2D eigenvalue weighted by atomic mass is 16.5. The number of nitrogens with zero attached hydrogens (tertiary/aromatic N) is 4. The molecule has 0 aromatic carbocycles. The quantitative estimate of drug-likeness (QED) is 0.789. The van der Waals surface area contributed by atoms with Gasteiger partial charge < -0.3 is 14.9 Å². The lowest BCUT2D eigenvalue weighted by Gasteiger charge is -2.12. The Morgan fingerprint density at radius 1 is 1.45 bits per heavy atom. The van der Waals surface area contributed by atoms with Gasteiger partial charge in [0.2, 0.25) is 0 Å². The molecule has 7 nitrogen and oxygen atoms in total. The Hall–Kier alpha value is -1.73. The predicted octanol–water partition coefficient (Wildman–Crippen LogP) is 1.12. The van der Waals surface area contributed by atoms with Crippen molar-refractivity contribution in [3.8, 4) is 0 Å². The molecule has 0 aliphatic rings. The molecule has 0 aliphatic carbocycles. The zero-order valence-corrected chi connectivity index (χ0v) is 12.1. The van der Waals surface area contributed by atoms with Gasteiger partial charge in [0.15, 0.2) is 0 Å². The molecule has 7 heteroatoms. The summed E-state index contributed by atoms with van der Waals surface area (Å²) in [5, 5.41) is 24.2. The van der Waals surface area contributed by atoms with E-state index in [4.69, 9.17) is 9.63 Å². The molecule has 20 heavy (non-hydrogen) atoms. The summed E-state index contributed by atoms with van der Waals surface area (Å²) < 4.78 is 6.91. The molecule has 2 aromatic heterocycles. The van der Waals surface area contributed by atoms with Gasteiger partial charge in [-0.2, -0.15) is 0 Å². The number of aliphatic hydroxyl groups excluding tert-OH is 1. The Kier molecular flexibility index (Phi) is 4.86. The van der Waals surface area contributed by atoms with Crippen molar-refractivity contribution in [2.75, 3.05) is 6.61 Å². The summed E-state index contributed by atoms with van der Waals surface area (Å²) >= 11 is 0. The van der Waals surface area contributed by atoms with Crippen molar-refractivity contribution in [2.24, 2.45) is 0 Å². The van der Waals surface area contributed by atoms with E-state index in [1.807, 2.05) is 20.0 Å². The van der Waals surface area contributed by atoms with Gasteiger partial charge in [-0.05, 0) is 27.2 Å². The van der Waals surface area contributed by atoms with Crippen molar-refractivity contribution in [3.63, 3.8) is 0 Å². The fraction of sp³-hybridized carbons (Fsp3) is 0.615. The van der Waals surface area contributed by atoms with E-state index in [2.05, 4.69) is 27.7 Å². The molecule has 2 heterocycles. The Morgan fingerprint density at radius 2 is 2.25 bits per heavy atom. The summed E-state index contributed by atoms with van der Waals surface area (Å²) in [4.78, 5) is 0. The fourth-order valence-corrected chi connectivity index (χ4v) is 2.23. The van der Waals surface area contributed by atoms with Gasteiger partial charge in [-0.25, -0.2) is 0 Å². The Labute approximate surface area is 118 Å². The fourth-order valence-electron chi connectivity index (χ4n) is 2.23. The maximum atomic E-state index is 8.78. The third kappa shape index (κ3) is 3.43. The number of nitrogens with one attached hydrogen (secondary N) is 1. The number of aryl methyl sites for hydroxylation is 3. The second-order valence-electron chi connectivity index (χ2n) is 4.89. The minimum absolute atomic E-state index is 0.142. The second kappa shape index (κ2) is 6.62. The van der Waals surface area contributed by atoms with Crippen molar-refractivity contribution >= 4 is 0 Å². The molecular weight excluding hydrogens is 258 g/mol. The first-order valence-electron chi connectivity index (χ1n) is 6.78. The van der Waals surface area contributed by atoms with Crippen LogP contribution in [0, 0.1) is 13.8 Å². The van der Waals surface area contributed by atoms with Crippen LogP contribution in [0.4, 0.5) is 0 Å². The van der Waals surface area contributed by atoms with E-state index in [0.29, 0.717) is 19.5 Å². The Morgan fingerprint density at radius 3 is 2.90 bits per heavy atom. The third-order valence-electron chi connectivity index (χ3n) is 3.24. The highest BCUT2D eigenvalue weighted by molar-refractivity contribution is 5.24. The van der Waals surface area contributed by atoms with E-state index < -0.39 is 0 Å². The lowest BCUT2D eigenvalue weighted by atomic mass is 10.1. The molecule has 0 saturated heterocycles. The summed E-state index contributed by atoms with van der Waals surface area (Å²) in [7, 11) is 0. The van der Waals surface area contributed by atoms with E-state index in [0.717, 1.165) is 22.7 Å². The molecule has 1 atom stereocenters. The molecular formula is C13H21N5O2. The van der Waals surface area contributed by atoms with Gasteiger partial charge in [-0.15, -0.1) is 5.10 Å². The van der Waals surface area contributed by atoms with Gasteiger partial charge in [0.25, 0.3) is 0 Å². The van der Waals surface area contributed by atoms with E-state index in [9.17, 15) is 0 Å². The maximum Gasteiger partial charge on any atom is 0.138 e. The number of rotatable bonds is 7. The topological polar surface area (TPSA) is 89.0 Å². The summed E-state index contributed by atoms with van der Waals surface area (Å²) in [5.41, 5.74) is 2.88. The molecule has 0 radical (unpaired) electrons. The minimum atomic E-state index is 0.142. The van der Waals surface area contributed by atoms with Crippen LogP contribution in [0.5, 0.6) is 0 Å². The molecule has 1 unspecified atom stereocenters. The largest absolute Gasteiger partial charge is 0.396 e. The highest BCUT2D eigenvalue weighted by Crippen LogP contribution is 2.20. The number of aliphatic hydroxyl groups is 1. The first-order valence-corrected chi connectivity index (χ1v) is 6.78. The SMILES string of the molecule is Cc1noc(C)c1C(C)NCc1cn(CCCO)nn1. The number of hydrogen-bond donors (Lipinski definition) is 2. The molecule has 110 valence electrons. The average molecular weight is 279 g/mol. The standard InChI is InChI=1S/C13H21N5O2/c1-9(13-10(2)16-20-11(13)3)14-7-12-8-18(17-15-12)5-4-6-19/h8-9,14,19H,4-7H2,1-3H3. The molecule has 0 spiro atoms. The maximum absolute atomic E-state index is 8.78. The van der Waals surface area contributed by atoms with E-state index in [1.165, 1.54) is 0 Å². The second-order valence-corrected chi connectivity index (χ2v) is 4.89. The predicted molar refractivity (Wildman–Crippen MR) is 73.0 cm³/mol. The molecule has 0 amide bonds. The molecule has 0 fully saturated rings. The van der Waals surface area contributed by atoms with Crippen LogP contribution in [0.3, 0.4) is 0 Å². The van der Waals surface area contributed by atoms with Gasteiger partial charge in [-0.3, -0.25) is 4.68 Å². The normalized spacial score (nSPS) is 12.8. The van der Waals surface area contributed by atoms with Crippen LogP contribution in [0.15, 0.2) is 10.7 Å². The van der Waals surface area contributed by atoms with Gasteiger partial charge in [0, 0.05) is 37.5 Å². The van der Waals surface area contributed by atoms with E-state index >= 15 is 0 Å². The lowest BCUT2D eigenvalue weighted by Crippen LogP contribution is -2.19. The van der Waals surface area contributed by atoms with Crippen LogP contribution < -0.4 is 5.32 Å². The van der Waals surface area contributed by atoms with Gasteiger partial charge in [-0.1, -0.05) is 10.4 Å². The molecule has 2 aromatic rings. The van der Waals surface area contributed by atoms with Crippen LogP contribution in [0.25, 0.3) is 0 Å². The summed E-state index contributed by atoms with van der Waals surface area (Å²) in [6.07, 6.45) is 2.58. The van der Waals surface area contributed by atoms with Crippen molar-refractivity contribution in [2.45, 2.75) is 46.3 Å². The lowest BCUT2D eigenvalue weighted by molar-refractivity contribution is 0.276. The zero-order chi connectivity index (χ0) is 14.5. The monoisotopic (exact) mass is 279 g/mol. The molecule has 0 bridgehead atoms. The highest BCUT2D eigenvalue weighted by Gasteiger charge is 2.16.